The second kappa shape index (κ2) is 6.50. The molecule has 0 spiro atoms. The summed E-state index contributed by atoms with van der Waals surface area (Å²) in [6, 6.07) is 15.0. The van der Waals surface area contributed by atoms with E-state index in [2.05, 4.69) is 4.90 Å². The largest absolute Gasteiger partial charge is 0.497 e. The molecule has 1 fully saturated rings. The van der Waals surface area contributed by atoms with Crippen molar-refractivity contribution >= 4 is 11.7 Å². The van der Waals surface area contributed by atoms with Gasteiger partial charge in [-0.15, -0.1) is 0 Å². The summed E-state index contributed by atoms with van der Waals surface area (Å²) in [6.07, 6.45) is 0. The number of ether oxygens (including phenoxy) is 1. The van der Waals surface area contributed by atoms with E-state index in [1.165, 1.54) is 0 Å². The molecular formula is C22H24N2O3. The second-order valence-electron chi connectivity index (χ2n) is 7.74. The number of amides is 1. The number of Topliss-reactive ketones (excluding diaryl/α,β-unsaturated/α-hetero) is 1. The van der Waals surface area contributed by atoms with Crippen molar-refractivity contribution in [2.24, 2.45) is 5.41 Å². The highest BCUT2D eigenvalue weighted by atomic mass is 16.5. The van der Waals surface area contributed by atoms with Crippen molar-refractivity contribution in [1.29, 1.82) is 0 Å². The van der Waals surface area contributed by atoms with Crippen molar-refractivity contribution in [3.8, 4) is 5.75 Å². The monoisotopic (exact) mass is 364 g/mol. The number of likely N-dealkylation sites (N-methyl/N-ethyl adjacent to an activating group) is 1. The Morgan fingerprint density at radius 2 is 1.74 bits per heavy atom. The highest BCUT2D eigenvalue weighted by Gasteiger charge is 2.53. The van der Waals surface area contributed by atoms with Gasteiger partial charge in [0.25, 0.3) is 5.91 Å². The van der Waals surface area contributed by atoms with Gasteiger partial charge in [-0.1, -0.05) is 30.3 Å². The number of carbonyl (C=O) groups is 2. The zero-order chi connectivity index (χ0) is 19.2. The number of hydrogen-bond acceptors (Lipinski definition) is 4. The van der Waals surface area contributed by atoms with Crippen LogP contribution in [0.2, 0.25) is 0 Å². The number of nitrogens with zero attached hydrogens (tertiary/aromatic N) is 2. The smallest absolute Gasteiger partial charge is 0.254 e. The van der Waals surface area contributed by atoms with Crippen LogP contribution in [0.15, 0.2) is 48.5 Å². The Hall–Kier alpha value is -2.66. The van der Waals surface area contributed by atoms with Crippen molar-refractivity contribution in [3.63, 3.8) is 0 Å². The molecule has 2 aliphatic heterocycles. The summed E-state index contributed by atoms with van der Waals surface area (Å²) in [5, 5.41) is 0. The number of carbonyl (C=O) groups excluding carboxylic acids is 2. The zero-order valence-corrected chi connectivity index (χ0v) is 15.9. The topological polar surface area (TPSA) is 49.9 Å². The predicted molar refractivity (Wildman–Crippen MR) is 103 cm³/mol. The van der Waals surface area contributed by atoms with Gasteiger partial charge in [-0.3, -0.25) is 14.5 Å². The standard InChI is InChI=1S/C22H24N2O3/c1-22-14-24(12-15-8-10-16(27-3)11-9-15)13-19(22)23(2)21(26)18-7-5-4-6-17(18)20(22)25/h4-11,19H,12-14H2,1-3H3/t19-,22+/m1/s1. The number of methoxy groups -OCH3 is 1. The molecule has 0 unspecified atom stereocenters. The van der Waals surface area contributed by atoms with Gasteiger partial charge >= 0.3 is 0 Å². The molecular weight excluding hydrogens is 340 g/mol. The first-order valence-corrected chi connectivity index (χ1v) is 9.20. The number of hydrogen-bond donors (Lipinski definition) is 0. The Labute approximate surface area is 159 Å². The molecule has 0 aromatic heterocycles. The van der Waals surface area contributed by atoms with Gasteiger partial charge < -0.3 is 9.64 Å². The third-order valence-electron chi connectivity index (χ3n) is 5.99. The number of ketones is 1. The first kappa shape index (κ1) is 17.7. The van der Waals surface area contributed by atoms with Gasteiger partial charge in [-0.05, 0) is 30.7 Å². The Bertz CT molecular complexity index is 893. The quantitative estimate of drug-likeness (QED) is 0.840. The molecule has 2 heterocycles. The number of benzene rings is 2. The number of rotatable bonds is 3. The van der Waals surface area contributed by atoms with E-state index in [1.807, 2.05) is 50.4 Å². The molecule has 2 aromatic carbocycles. The van der Waals surface area contributed by atoms with Crippen LogP contribution in [0.5, 0.6) is 5.75 Å². The van der Waals surface area contributed by atoms with Crippen LogP contribution in [0, 0.1) is 5.41 Å². The first-order valence-electron chi connectivity index (χ1n) is 9.20. The summed E-state index contributed by atoms with van der Waals surface area (Å²) in [6.45, 7) is 4.06. The van der Waals surface area contributed by atoms with Crippen molar-refractivity contribution < 1.29 is 14.3 Å². The molecule has 1 amide bonds. The molecule has 2 atom stereocenters. The van der Waals surface area contributed by atoms with Crippen LogP contribution in [0.25, 0.3) is 0 Å². The molecule has 2 aliphatic rings. The van der Waals surface area contributed by atoms with Gasteiger partial charge in [0.2, 0.25) is 0 Å². The highest BCUT2D eigenvalue weighted by Crippen LogP contribution is 2.40. The number of fused-ring (bicyclic) bond motifs is 2. The summed E-state index contributed by atoms with van der Waals surface area (Å²) in [5.41, 5.74) is 1.62. The Balaban J connectivity index is 1.64. The van der Waals surface area contributed by atoms with Crippen LogP contribution < -0.4 is 4.74 Å². The van der Waals surface area contributed by atoms with E-state index in [0.717, 1.165) is 17.9 Å². The summed E-state index contributed by atoms with van der Waals surface area (Å²) < 4.78 is 5.22. The lowest BCUT2D eigenvalue weighted by atomic mass is 9.78. The minimum atomic E-state index is -0.608. The lowest BCUT2D eigenvalue weighted by Gasteiger charge is -2.32. The summed E-state index contributed by atoms with van der Waals surface area (Å²) in [4.78, 5) is 30.4. The van der Waals surface area contributed by atoms with E-state index >= 15 is 0 Å². The molecule has 0 N–H and O–H groups in total. The average molecular weight is 364 g/mol. The van der Waals surface area contributed by atoms with Gasteiger partial charge in [0.15, 0.2) is 5.78 Å². The first-order chi connectivity index (χ1) is 12.9. The zero-order valence-electron chi connectivity index (χ0n) is 15.9. The molecule has 0 bridgehead atoms. The maximum absolute atomic E-state index is 13.4. The minimum absolute atomic E-state index is 0.0676. The van der Waals surface area contributed by atoms with Crippen molar-refractivity contribution in [3.05, 3.63) is 65.2 Å². The van der Waals surface area contributed by atoms with Gasteiger partial charge in [-0.25, -0.2) is 0 Å². The Kier molecular flexibility index (Phi) is 4.27. The Morgan fingerprint density at radius 1 is 1.07 bits per heavy atom. The molecule has 0 radical (unpaired) electrons. The molecule has 27 heavy (non-hydrogen) atoms. The predicted octanol–water partition coefficient (Wildman–Crippen LogP) is 2.85. The molecule has 5 nitrogen and oxygen atoms in total. The van der Waals surface area contributed by atoms with Crippen LogP contribution in [0.4, 0.5) is 0 Å². The fraction of sp³-hybridized carbons (Fsp3) is 0.364. The van der Waals surface area contributed by atoms with E-state index in [0.29, 0.717) is 24.2 Å². The van der Waals surface area contributed by atoms with Crippen molar-refractivity contribution in [2.45, 2.75) is 19.5 Å². The van der Waals surface area contributed by atoms with E-state index in [-0.39, 0.29) is 17.7 Å². The minimum Gasteiger partial charge on any atom is -0.497 e. The average Bonchev–Trinajstić information content (AvgIpc) is 3.01. The van der Waals surface area contributed by atoms with Crippen LogP contribution in [-0.4, -0.2) is 54.8 Å². The third-order valence-corrected chi connectivity index (χ3v) is 5.99. The van der Waals surface area contributed by atoms with E-state index in [9.17, 15) is 9.59 Å². The van der Waals surface area contributed by atoms with Gasteiger partial charge in [0.05, 0.1) is 24.1 Å². The van der Waals surface area contributed by atoms with Crippen LogP contribution in [0.1, 0.15) is 33.2 Å². The van der Waals surface area contributed by atoms with Gasteiger partial charge in [0, 0.05) is 32.2 Å². The maximum Gasteiger partial charge on any atom is 0.254 e. The second-order valence-corrected chi connectivity index (χ2v) is 7.74. The van der Waals surface area contributed by atoms with Crippen molar-refractivity contribution in [1.82, 2.24) is 9.80 Å². The summed E-state index contributed by atoms with van der Waals surface area (Å²) in [7, 11) is 3.47. The molecule has 2 aromatic rings. The maximum atomic E-state index is 13.4. The Morgan fingerprint density at radius 3 is 2.41 bits per heavy atom. The number of likely N-dealkylation sites (tertiary alicyclic amines) is 1. The van der Waals surface area contributed by atoms with E-state index < -0.39 is 5.41 Å². The molecule has 0 aliphatic carbocycles. The van der Waals surface area contributed by atoms with Crippen molar-refractivity contribution in [2.75, 3.05) is 27.2 Å². The van der Waals surface area contributed by atoms with Crippen LogP contribution in [0.3, 0.4) is 0 Å². The SMILES string of the molecule is COc1ccc(CN2C[C@H]3N(C)C(=O)c4ccccc4C(=O)[C@@]3(C)C2)cc1. The molecule has 4 rings (SSSR count). The van der Waals surface area contributed by atoms with Crippen LogP contribution in [-0.2, 0) is 6.54 Å². The van der Waals surface area contributed by atoms with E-state index in [4.69, 9.17) is 4.74 Å². The lowest BCUT2D eigenvalue weighted by molar-refractivity contribution is 0.0606. The molecule has 140 valence electrons. The van der Waals surface area contributed by atoms with E-state index in [1.54, 1.807) is 24.1 Å². The fourth-order valence-corrected chi connectivity index (χ4v) is 4.47. The van der Waals surface area contributed by atoms with Gasteiger partial charge in [-0.2, -0.15) is 0 Å². The van der Waals surface area contributed by atoms with Crippen LogP contribution >= 0.6 is 0 Å². The molecule has 1 saturated heterocycles. The highest BCUT2D eigenvalue weighted by molar-refractivity contribution is 6.12. The molecule has 0 saturated carbocycles. The summed E-state index contributed by atoms with van der Waals surface area (Å²) in [5.74, 6) is 0.825. The summed E-state index contributed by atoms with van der Waals surface area (Å²) >= 11 is 0. The van der Waals surface area contributed by atoms with Gasteiger partial charge in [0.1, 0.15) is 5.75 Å². The fourth-order valence-electron chi connectivity index (χ4n) is 4.47. The normalized spacial score (nSPS) is 25.1. The lowest BCUT2D eigenvalue weighted by Crippen LogP contribution is -2.47. The third kappa shape index (κ3) is 2.82. The molecule has 5 heteroatoms.